The molecule has 0 heterocycles. The number of hydrogen-bond donors (Lipinski definition) is 1. The maximum Gasteiger partial charge on any atom is 0.260 e. The van der Waals surface area contributed by atoms with E-state index in [1.165, 1.54) is 19.3 Å². The van der Waals surface area contributed by atoms with Gasteiger partial charge in [-0.25, -0.2) is 0 Å². The third-order valence-electron chi connectivity index (χ3n) is 3.45. The minimum absolute atomic E-state index is 0.0400. The SMILES string of the molecule is C[C@@H](Oc1ccc(Cl)cc1)C(=O)NC1CCCCC1. The van der Waals surface area contributed by atoms with Crippen LogP contribution in [0, 0.1) is 0 Å². The van der Waals surface area contributed by atoms with Gasteiger partial charge in [-0.2, -0.15) is 0 Å². The molecular weight excluding hydrogens is 262 g/mol. The van der Waals surface area contributed by atoms with Crippen molar-refractivity contribution in [2.24, 2.45) is 0 Å². The zero-order valence-corrected chi connectivity index (χ0v) is 12.0. The molecule has 4 heteroatoms. The first-order valence-electron chi connectivity index (χ1n) is 6.88. The Morgan fingerprint density at radius 1 is 1.26 bits per heavy atom. The van der Waals surface area contributed by atoms with Crippen molar-refractivity contribution in [2.45, 2.75) is 51.2 Å². The Hall–Kier alpha value is -1.22. The van der Waals surface area contributed by atoms with Gasteiger partial charge in [0.1, 0.15) is 5.75 Å². The van der Waals surface area contributed by atoms with Gasteiger partial charge in [-0.1, -0.05) is 30.9 Å². The fraction of sp³-hybridized carbons (Fsp3) is 0.533. The predicted octanol–water partition coefficient (Wildman–Crippen LogP) is 3.56. The molecule has 19 heavy (non-hydrogen) atoms. The number of amides is 1. The summed E-state index contributed by atoms with van der Waals surface area (Å²) in [5.41, 5.74) is 0. The number of nitrogens with one attached hydrogen (secondary N) is 1. The maximum atomic E-state index is 12.0. The van der Waals surface area contributed by atoms with E-state index in [0.717, 1.165) is 12.8 Å². The summed E-state index contributed by atoms with van der Waals surface area (Å²) >= 11 is 5.80. The quantitative estimate of drug-likeness (QED) is 0.916. The third kappa shape index (κ3) is 4.43. The number of halogens is 1. The van der Waals surface area contributed by atoms with Crippen molar-refractivity contribution in [1.29, 1.82) is 0 Å². The van der Waals surface area contributed by atoms with E-state index in [9.17, 15) is 4.79 Å². The van der Waals surface area contributed by atoms with Crippen LogP contribution in [0.1, 0.15) is 39.0 Å². The zero-order chi connectivity index (χ0) is 13.7. The number of benzene rings is 1. The first-order valence-corrected chi connectivity index (χ1v) is 7.25. The van der Waals surface area contributed by atoms with Gasteiger partial charge in [0, 0.05) is 11.1 Å². The van der Waals surface area contributed by atoms with Gasteiger partial charge in [-0.15, -0.1) is 0 Å². The normalized spacial score (nSPS) is 17.8. The predicted molar refractivity (Wildman–Crippen MR) is 76.6 cm³/mol. The Bertz CT molecular complexity index is 413. The van der Waals surface area contributed by atoms with Gasteiger partial charge in [0.05, 0.1) is 0 Å². The van der Waals surface area contributed by atoms with Crippen LogP contribution >= 0.6 is 11.6 Å². The number of carbonyl (C=O) groups is 1. The van der Waals surface area contributed by atoms with E-state index in [-0.39, 0.29) is 5.91 Å². The number of hydrogen-bond acceptors (Lipinski definition) is 2. The summed E-state index contributed by atoms with van der Waals surface area (Å²) in [6.07, 6.45) is 5.37. The Morgan fingerprint density at radius 2 is 1.89 bits per heavy atom. The molecule has 0 bridgehead atoms. The van der Waals surface area contributed by atoms with Crippen molar-refractivity contribution in [1.82, 2.24) is 5.32 Å². The average Bonchev–Trinajstić information content (AvgIpc) is 2.42. The van der Waals surface area contributed by atoms with E-state index in [0.29, 0.717) is 16.8 Å². The number of carbonyl (C=O) groups excluding carboxylic acids is 1. The lowest BCUT2D eigenvalue weighted by molar-refractivity contribution is -0.128. The summed E-state index contributed by atoms with van der Waals surface area (Å²) in [7, 11) is 0. The molecule has 1 atom stereocenters. The van der Waals surface area contributed by atoms with Gasteiger partial charge in [0.15, 0.2) is 6.10 Å². The van der Waals surface area contributed by atoms with Gasteiger partial charge in [0.25, 0.3) is 5.91 Å². The van der Waals surface area contributed by atoms with E-state index in [1.807, 2.05) is 0 Å². The molecule has 1 saturated carbocycles. The van der Waals surface area contributed by atoms with Crippen LogP contribution in [-0.2, 0) is 4.79 Å². The summed E-state index contributed by atoms with van der Waals surface area (Å²) in [6, 6.07) is 7.36. The summed E-state index contributed by atoms with van der Waals surface area (Å²) in [5, 5.41) is 3.72. The largest absolute Gasteiger partial charge is 0.481 e. The van der Waals surface area contributed by atoms with Crippen LogP contribution in [-0.4, -0.2) is 18.1 Å². The van der Waals surface area contributed by atoms with Crippen molar-refractivity contribution in [3.63, 3.8) is 0 Å². The highest BCUT2D eigenvalue weighted by Gasteiger charge is 2.20. The number of ether oxygens (including phenoxy) is 1. The fourth-order valence-corrected chi connectivity index (χ4v) is 2.46. The van der Waals surface area contributed by atoms with Crippen LogP contribution < -0.4 is 10.1 Å². The van der Waals surface area contributed by atoms with Crippen molar-refractivity contribution < 1.29 is 9.53 Å². The molecule has 1 aromatic carbocycles. The second-order valence-corrected chi connectivity index (χ2v) is 5.49. The molecule has 0 radical (unpaired) electrons. The Kier molecular flexibility index (Phi) is 5.08. The van der Waals surface area contributed by atoms with Crippen LogP contribution in [0.2, 0.25) is 5.02 Å². The second kappa shape index (κ2) is 6.80. The fourth-order valence-electron chi connectivity index (χ4n) is 2.34. The highest BCUT2D eigenvalue weighted by molar-refractivity contribution is 6.30. The maximum absolute atomic E-state index is 12.0. The Labute approximate surface area is 119 Å². The third-order valence-corrected chi connectivity index (χ3v) is 3.70. The van der Waals surface area contributed by atoms with Gasteiger partial charge >= 0.3 is 0 Å². The lowest BCUT2D eigenvalue weighted by atomic mass is 9.95. The second-order valence-electron chi connectivity index (χ2n) is 5.06. The molecule has 104 valence electrons. The highest BCUT2D eigenvalue weighted by Crippen LogP contribution is 2.19. The van der Waals surface area contributed by atoms with Gasteiger partial charge in [-0.3, -0.25) is 4.79 Å². The van der Waals surface area contributed by atoms with Crippen molar-refractivity contribution >= 4 is 17.5 Å². The molecule has 0 aromatic heterocycles. The highest BCUT2D eigenvalue weighted by atomic mass is 35.5. The topological polar surface area (TPSA) is 38.3 Å². The molecule has 2 rings (SSSR count). The standard InChI is InChI=1S/C15H20ClNO2/c1-11(19-14-9-7-12(16)8-10-14)15(18)17-13-5-3-2-4-6-13/h7-11,13H,2-6H2,1H3,(H,17,18)/t11-/m1/s1. The van der Waals surface area contributed by atoms with Crippen LogP contribution in [0.3, 0.4) is 0 Å². The minimum atomic E-state index is -0.483. The first-order chi connectivity index (χ1) is 9.15. The molecule has 1 N–H and O–H groups in total. The Balaban J connectivity index is 1.83. The van der Waals surface area contributed by atoms with Crippen molar-refractivity contribution in [3.8, 4) is 5.75 Å². The molecule has 1 fully saturated rings. The van der Waals surface area contributed by atoms with Gasteiger partial charge < -0.3 is 10.1 Å². The van der Waals surface area contributed by atoms with E-state index in [1.54, 1.807) is 31.2 Å². The van der Waals surface area contributed by atoms with Crippen molar-refractivity contribution in [2.75, 3.05) is 0 Å². The molecule has 0 unspecified atom stereocenters. The lowest BCUT2D eigenvalue weighted by Gasteiger charge is -2.24. The number of rotatable bonds is 4. The molecule has 0 spiro atoms. The van der Waals surface area contributed by atoms with Crippen LogP contribution in [0.4, 0.5) is 0 Å². The van der Waals surface area contributed by atoms with Crippen LogP contribution in [0.5, 0.6) is 5.75 Å². The smallest absolute Gasteiger partial charge is 0.260 e. The van der Waals surface area contributed by atoms with E-state index in [4.69, 9.17) is 16.3 Å². The van der Waals surface area contributed by atoms with Crippen molar-refractivity contribution in [3.05, 3.63) is 29.3 Å². The van der Waals surface area contributed by atoms with E-state index in [2.05, 4.69) is 5.32 Å². The van der Waals surface area contributed by atoms with Crippen LogP contribution in [0.15, 0.2) is 24.3 Å². The Morgan fingerprint density at radius 3 is 2.53 bits per heavy atom. The average molecular weight is 282 g/mol. The molecule has 0 saturated heterocycles. The summed E-state index contributed by atoms with van der Waals surface area (Å²) in [4.78, 5) is 12.0. The van der Waals surface area contributed by atoms with Crippen LogP contribution in [0.25, 0.3) is 0 Å². The van der Waals surface area contributed by atoms with E-state index < -0.39 is 6.10 Å². The lowest BCUT2D eigenvalue weighted by Crippen LogP contribution is -2.43. The molecule has 1 aliphatic rings. The van der Waals surface area contributed by atoms with E-state index >= 15 is 0 Å². The molecular formula is C15H20ClNO2. The molecule has 0 aliphatic heterocycles. The summed E-state index contributed by atoms with van der Waals surface area (Å²) in [5.74, 6) is 0.623. The van der Waals surface area contributed by atoms with Gasteiger partial charge in [0.2, 0.25) is 0 Å². The first kappa shape index (κ1) is 14.2. The molecule has 1 aliphatic carbocycles. The molecule has 1 aromatic rings. The monoisotopic (exact) mass is 281 g/mol. The summed E-state index contributed by atoms with van der Waals surface area (Å²) in [6.45, 7) is 1.77. The zero-order valence-electron chi connectivity index (χ0n) is 11.2. The summed E-state index contributed by atoms with van der Waals surface area (Å²) < 4.78 is 5.60. The minimum Gasteiger partial charge on any atom is -0.481 e. The molecule has 3 nitrogen and oxygen atoms in total. The van der Waals surface area contributed by atoms with Gasteiger partial charge in [-0.05, 0) is 44.0 Å². The molecule has 1 amide bonds.